The summed E-state index contributed by atoms with van der Waals surface area (Å²) in [6.45, 7) is 0. The third-order valence-electron chi connectivity index (χ3n) is 3.04. The first-order valence-corrected chi connectivity index (χ1v) is 6.27. The van der Waals surface area contributed by atoms with Gasteiger partial charge in [0.25, 0.3) is 0 Å². The van der Waals surface area contributed by atoms with E-state index in [0.29, 0.717) is 11.0 Å². The van der Waals surface area contributed by atoms with Gasteiger partial charge < -0.3 is 9.52 Å². The molecule has 0 aliphatic heterocycles. The summed E-state index contributed by atoms with van der Waals surface area (Å²) in [7, 11) is 0. The zero-order valence-electron chi connectivity index (χ0n) is 9.29. The van der Waals surface area contributed by atoms with E-state index >= 15 is 0 Å². The summed E-state index contributed by atoms with van der Waals surface area (Å²) in [4.78, 5) is 0. The van der Waals surface area contributed by atoms with E-state index in [1.54, 1.807) is 12.1 Å². The molecule has 0 aromatic carbocycles. The lowest BCUT2D eigenvalue weighted by Crippen LogP contribution is -2.02. The van der Waals surface area contributed by atoms with Crippen molar-refractivity contribution in [1.82, 2.24) is 0 Å². The summed E-state index contributed by atoms with van der Waals surface area (Å²) >= 11 is 5.70. The van der Waals surface area contributed by atoms with E-state index in [4.69, 9.17) is 16.0 Å². The van der Waals surface area contributed by atoms with Gasteiger partial charge in [-0.1, -0.05) is 18.9 Å². The van der Waals surface area contributed by atoms with Gasteiger partial charge in [0.15, 0.2) is 5.22 Å². The van der Waals surface area contributed by atoms with Crippen molar-refractivity contribution in [2.24, 2.45) is 0 Å². The molecule has 2 nitrogen and oxygen atoms in total. The van der Waals surface area contributed by atoms with Gasteiger partial charge in [-0.15, -0.1) is 0 Å². The molecule has 3 heteroatoms. The second-order valence-electron chi connectivity index (χ2n) is 4.28. The molecule has 1 atom stereocenters. The molecule has 0 saturated carbocycles. The van der Waals surface area contributed by atoms with Crippen molar-refractivity contribution in [3.05, 3.63) is 34.8 Å². The summed E-state index contributed by atoms with van der Waals surface area (Å²) in [6.07, 6.45) is 8.47. The molecule has 1 aliphatic rings. The second-order valence-corrected chi connectivity index (χ2v) is 4.65. The Hall–Kier alpha value is -0.730. The SMILES string of the molecule is OC(/C1=C/CCCCCC1)c1ccc(Cl)o1. The van der Waals surface area contributed by atoms with Gasteiger partial charge >= 0.3 is 0 Å². The van der Waals surface area contributed by atoms with Crippen LogP contribution in [0.2, 0.25) is 5.22 Å². The Morgan fingerprint density at radius 2 is 2.00 bits per heavy atom. The third kappa shape index (κ3) is 2.89. The monoisotopic (exact) mass is 240 g/mol. The topological polar surface area (TPSA) is 33.4 Å². The van der Waals surface area contributed by atoms with Crippen LogP contribution in [0.3, 0.4) is 0 Å². The van der Waals surface area contributed by atoms with Crippen molar-refractivity contribution in [2.75, 3.05) is 0 Å². The average Bonchev–Trinajstić information content (AvgIpc) is 2.63. The van der Waals surface area contributed by atoms with Crippen molar-refractivity contribution in [2.45, 2.75) is 44.6 Å². The fourth-order valence-electron chi connectivity index (χ4n) is 2.12. The fraction of sp³-hybridized carbons (Fsp3) is 0.538. The highest BCUT2D eigenvalue weighted by Gasteiger charge is 2.17. The van der Waals surface area contributed by atoms with Crippen LogP contribution in [0.4, 0.5) is 0 Å². The first-order valence-electron chi connectivity index (χ1n) is 5.89. The van der Waals surface area contributed by atoms with Crippen LogP contribution in [0.5, 0.6) is 0 Å². The predicted molar refractivity (Wildman–Crippen MR) is 64.5 cm³/mol. The van der Waals surface area contributed by atoms with Crippen molar-refractivity contribution >= 4 is 11.6 Å². The number of rotatable bonds is 2. The normalized spacial score (nSPS) is 23.0. The van der Waals surface area contributed by atoms with E-state index < -0.39 is 6.10 Å². The molecule has 1 aliphatic carbocycles. The minimum Gasteiger partial charge on any atom is -0.447 e. The van der Waals surface area contributed by atoms with E-state index in [9.17, 15) is 5.11 Å². The molecule has 1 heterocycles. The summed E-state index contributed by atoms with van der Waals surface area (Å²) in [6, 6.07) is 3.41. The highest BCUT2D eigenvalue weighted by molar-refractivity contribution is 6.28. The number of furan rings is 1. The molecule has 0 fully saturated rings. The standard InChI is InChI=1S/C13H17ClO2/c14-12-9-8-11(16-12)13(15)10-6-4-2-1-3-5-7-10/h6,8-9,13,15H,1-5,7H2/b10-6+. The van der Waals surface area contributed by atoms with Crippen LogP contribution in [0.25, 0.3) is 0 Å². The molecule has 1 aromatic rings. The largest absolute Gasteiger partial charge is 0.447 e. The van der Waals surface area contributed by atoms with Crippen LogP contribution in [-0.2, 0) is 0 Å². The van der Waals surface area contributed by atoms with Crippen molar-refractivity contribution in [3.8, 4) is 0 Å². The maximum absolute atomic E-state index is 10.2. The fourth-order valence-corrected chi connectivity index (χ4v) is 2.27. The Morgan fingerprint density at radius 1 is 1.19 bits per heavy atom. The molecule has 0 amide bonds. The van der Waals surface area contributed by atoms with Gasteiger partial charge in [0.1, 0.15) is 11.9 Å². The number of hydrogen-bond acceptors (Lipinski definition) is 2. The van der Waals surface area contributed by atoms with Gasteiger partial charge in [-0.05, 0) is 55.0 Å². The Labute approximate surface area is 101 Å². The van der Waals surface area contributed by atoms with E-state index in [-0.39, 0.29) is 0 Å². The molecule has 1 unspecified atom stereocenters. The minimum atomic E-state index is -0.620. The summed E-state index contributed by atoms with van der Waals surface area (Å²) in [5.74, 6) is 0.553. The highest BCUT2D eigenvalue weighted by atomic mass is 35.5. The summed E-state index contributed by atoms with van der Waals surface area (Å²) in [5.41, 5.74) is 1.07. The van der Waals surface area contributed by atoms with Gasteiger partial charge in [-0.25, -0.2) is 0 Å². The first kappa shape index (κ1) is 11.7. The number of allylic oxidation sites excluding steroid dienone is 1. The molecule has 2 rings (SSSR count). The van der Waals surface area contributed by atoms with Gasteiger partial charge in [0, 0.05) is 0 Å². The molecule has 1 N–H and O–H groups in total. The predicted octanol–water partition coefficient (Wildman–Crippen LogP) is 4.25. The Morgan fingerprint density at radius 3 is 2.75 bits per heavy atom. The number of aliphatic hydroxyl groups excluding tert-OH is 1. The van der Waals surface area contributed by atoms with Crippen LogP contribution < -0.4 is 0 Å². The molecular weight excluding hydrogens is 224 g/mol. The van der Waals surface area contributed by atoms with Crippen LogP contribution >= 0.6 is 11.6 Å². The zero-order valence-corrected chi connectivity index (χ0v) is 10.0. The van der Waals surface area contributed by atoms with E-state index in [1.165, 1.54) is 19.3 Å². The second kappa shape index (κ2) is 5.55. The molecule has 0 radical (unpaired) electrons. The third-order valence-corrected chi connectivity index (χ3v) is 3.24. The lowest BCUT2D eigenvalue weighted by atomic mass is 9.95. The Kier molecular flexibility index (Phi) is 4.08. The number of aliphatic hydroxyl groups is 1. The number of halogens is 1. The zero-order chi connectivity index (χ0) is 11.4. The van der Waals surface area contributed by atoms with Gasteiger partial charge in [-0.2, -0.15) is 0 Å². The van der Waals surface area contributed by atoms with Gasteiger partial charge in [0.05, 0.1) is 0 Å². The smallest absolute Gasteiger partial charge is 0.193 e. The lowest BCUT2D eigenvalue weighted by molar-refractivity contribution is 0.179. The van der Waals surface area contributed by atoms with E-state index in [1.807, 2.05) is 0 Å². The maximum Gasteiger partial charge on any atom is 0.193 e. The Bertz CT molecular complexity index is 368. The molecule has 88 valence electrons. The highest BCUT2D eigenvalue weighted by Crippen LogP contribution is 2.30. The lowest BCUT2D eigenvalue weighted by Gasteiger charge is -2.15. The van der Waals surface area contributed by atoms with Crippen LogP contribution in [0, 0.1) is 0 Å². The molecule has 0 saturated heterocycles. The molecule has 0 spiro atoms. The Balaban J connectivity index is 2.09. The quantitative estimate of drug-likeness (QED) is 0.784. The van der Waals surface area contributed by atoms with Gasteiger partial charge in [-0.3, -0.25) is 0 Å². The maximum atomic E-state index is 10.2. The van der Waals surface area contributed by atoms with Crippen LogP contribution in [0.1, 0.15) is 50.4 Å². The molecular formula is C13H17ClO2. The van der Waals surface area contributed by atoms with Crippen molar-refractivity contribution in [1.29, 1.82) is 0 Å². The van der Waals surface area contributed by atoms with Crippen molar-refractivity contribution < 1.29 is 9.52 Å². The van der Waals surface area contributed by atoms with E-state index in [2.05, 4.69) is 6.08 Å². The first-order chi connectivity index (χ1) is 7.77. The van der Waals surface area contributed by atoms with Gasteiger partial charge in [0.2, 0.25) is 0 Å². The van der Waals surface area contributed by atoms with E-state index in [0.717, 1.165) is 24.8 Å². The minimum absolute atomic E-state index is 0.334. The average molecular weight is 241 g/mol. The summed E-state index contributed by atoms with van der Waals surface area (Å²) < 4.78 is 5.25. The molecule has 16 heavy (non-hydrogen) atoms. The van der Waals surface area contributed by atoms with Crippen LogP contribution in [-0.4, -0.2) is 5.11 Å². The summed E-state index contributed by atoms with van der Waals surface area (Å²) in [5, 5.41) is 10.5. The molecule has 0 bridgehead atoms. The molecule has 1 aromatic heterocycles. The number of hydrogen-bond donors (Lipinski definition) is 1. The van der Waals surface area contributed by atoms with Crippen molar-refractivity contribution in [3.63, 3.8) is 0 Å². The van der Waals surface area contributed by atoms with Crippen LogP contribution in [0.15, 0.2) is 28.2 Å².